The zero-order valence-corrected chi connectivity index (χ0v) is 35.1. The van der Waals surface area contributed by atoms with E-state index in [9.17, 15) is 44.7 Å². The Hall–Kier alpha value is -5.20. The van der Waals surface area contributed by atoms with Gasteiger partial charge in [0.25, 0.3) is 5.91 Å². The second-order valence-corrected chi connectivity index (χ2v) is 17.4. The van der Waals surface area contributed by atoms with Gasteiger partial charge >= 0.3 is 5.97 Å². The molecule has 17 heteroatoms. The van der Waals surface area contributed by atoms with Crippen molar-refractivity contribution >= 4 is 29.8 Å². The molecule has 334 valence electrons. The van der Waals surface area contributed by atoms with Crippen LogP contribution in [0.5, 0.6) is 5.75 Å². The van der Waals surface area contributed by atoms with Gasteiger partial charge in [0.1, 0.15) is 24.5 Å². The molecule has 3 heterocycles. The number of hydrogen-bond donors (Lipinski definition) is 8. The number of aryl methyl sites for hydroxylation is 2. The van der Waals surface area contributed by atoms with Crippen molar-refractivity contribution in [1.29, 1.82) is 0 Å². The van der Waals surface area contributed by atoms with Crippen molar-refractivity contribution in [1.82, 2.24) is 30.9 Å². The molecule has 3 aromatic rings. The maximum atomic E-state index is 13.5. The van der Waals surface area contributed by atoms with Gasteiger partial charge in [0.15, 0.2) is 5.60 Å². The highest BCUT2D eigenvalue weighted by Crippen LogP contribution is 2.48. The molecule has 2 aliphatic carbocycles. The first-order chi connectivity index (χ1) is 29.7. The van der Waals surface area contributed by atoms with Gasteiger partial charge in [-0.15, -0.1) is 5.10 Å². The number of fused-ring (bicyclic) bond motifs is 1. The molecule has 0 bridgehead atoms. The minimum atomic E-state index is -2.11. The van der Waals surface area contributed by atoms with Gasteiger partial charge in [0.05, 0.1) is 36.0 Å². The van der Waals surface area contributed by atoms with Crippen LogP contribution in [0.15, 0.2) is 48.7 Å². The number of aromatic nitrogens is 3. The average Bonchev–Trinajstić information content (AvgIpc) is 3.82. The normalized spacial score (nSPS) is 27.2. The van der Waals surface area contributed by atoms with Crippen LogP contribution in [0.3, 0.4) is 0 Å². The number of amides is 3. The summed E-state index contributed by atoms with van der Waals surface area (Å²) in [5.74, 6) is -2.27. The van der Waals surface area contributed by atoms with E-state index in [2.05, 4.69) is 26.3 Å². The van der Waals surface area contributed by atoms with Crippen molar-refractivity contribution in [3.05, 3.63) is 82.2 Å². The Morgan fingerprint density at radius 2 is 1.77 bits per heavy atom. The van der Waals surface area contributed by atoms with E-state index in [1.165, 1.54) is 16.8 Å². The lowest BCUT2D eigenvalue weighted by Crippen LogP contribution is -2.67. The molecule has 2 aromatic carbocycles. The van der Waals surface area contributed by atoms with Gasteiger partial charge in [-0.1, -0.05) is 54.8 Å². The van der Waals surface area contributed by atoms with Crippen molar-refractivity contribution in [3.8, 4) is 5.75 Å². The van der Waals surface area contributed by atoms with E-state index >= 15 is 0 Å². The van der Waals surface area contributed by atoms with Gasteiger partial charge in [-0.2, -0.15) is 0 Å². The number of benzene rings is 2. The molecule has 0 spiro atoms. The van der Waals surface area contributed by atoms with Gasteiger partial charge < -0.3 is 51.0 Å². The Morgan fingerprint density at radius 1 is 1.02 bits per heavy atom. The summed E-state index contributed by atoms with van der Waals surface area (Å²) in [6, 6.07) is 8.90. The van der Waals surface area contributed by atoms with E-state index in [0.717, 1.165) is 56.2 Å². The molecule has 2 unspecified atom stereocenters. The summed E-state index contributed by atoms with van der Waals surface area (Å²) in [6.07, 6.45) is 4.57. The molecular weight excluding hydrogens is 801 g/mol. The number of carboxylic acid groups (broad SMARTS) is 1. The Labute approximate surface area is 359 Å². The van der Waals surface area contributed by atoms with E-state index in [4.69, 9.17) is 9.47 Å². The molecule has 4 aliphatic rings. The Morgan fingerprint density at radius 3 is 2.48 bits per heavy atom. The third kappa shape index (κ3) is 10.3. The number of hydrogen-bond acceptors (Lipinski definition) is 12. The number of rotatable bonds is 16. The zero-order chi connectivity index (χ0) is 44.1. The second kappa shape index (κ2) is 19.5. The van der Waals surface area contributed by atoms with Crippen molar-refractivity contribution in [3.63, 3.8) is 0 Å². The molecule has 2 aliphatic heterocycles. The Balaban J connectivity index is 1.04. The van der Waals surface area contributed by atoms with Crippen LogP contribution < -0.4 is 16.0 Å². The van der Waals surface area contributed by atoms with E-state index in [0.29, 0.717) is 29.8 Å². The summed E-state index contributed by atoms with van der Waals surface area (Å²) < 4.78 is 13.3. The molecule has 0 radical (unpaired) electrons. The van der Waals surface area contributed by atoms with E-state index in [1.54, 1.807) is 32.2 Å². The lowest BCUT2D eigenvalue weighted by molar-refractivity contribution is -0.226. The number of nitrogens with zero attached hydrogens (tertiary/aromatic N) is 3. The van der Waals surface area contributed by atoms with Crippen molar-refractivity contribution in [2.45, 2.75) is 133 Å². The summed E-state index contributed by atoms with van der Waals surface area (Å²) in [5.41, 5.74) is 1.35. The Bertz CT molecular complexity index is 2100. The lowest BCUT2D eigenvalue weighted by atomic mass is 9.81. The van der Waals surface area contributed by atoms with Crippen LogP contribution in [0, 0.1) is 25.7 Å². The number of carboxylic acids is 1. The third-order valence-electron chi connectivity index (χ3n) is 12.8. The molecule has 3 amide bonds. The van der Waals surface area contributed by atoms with Crippen LogP contribution in [0.1, 0.15) is 102 Å². The molecule has 7 rings (SSSR count). The third-order valence-corrected chi connectivity index (χ3v) is 12.8. The van der Waals surface area contributed by atoms with Crippen LogP contribution >= 0.6 is 0 Å². The van der Waals surface area contributed by atoms with E-state index < -0.39 is 66.8 Å². The number of carbonyl (C=O) groups excluding carboxylic acids is 3. The smallest absolute Gasteiger partial charge is 0.336 e. The van der Waals surface area contributed by atoms with Gasteiger partial charge in [-0.05, 0) is 80.0 Å². The Kier molecular flexibility index (Phi) is 14.1. The van der Waals surface area contributed by atoms with Crippen molar-refractivity contribution in [2.75, 3.05) is 13.2 Å². The van der Waals surface area contributed by atoms with Crippen LogP contribution in [0.2, 0.25) is 0 Å². The number of ether oxygens (including phenoxy) is 2. The molecule has 9 atom stereocenters. The predicted octanol–water partition coefficient (Wildman–Crippen LogP) is 2.40. The highest BCUT2D eigenvalue weighted by atomic mass is 16.6. The van der Waals surface area contributed by atoms with Crippen LogP contribution in [0.4, 0.5) is 0 Å². The highest BCUT2D eigenvalue weighted by molar-refractivity contribution is 5.95. The summed E-state index contributed by atoms with van der Waals surface area (Å²) in [7, 11) is 0. The van der Waals surface area contributed by atoms with Gasteiger partial charge in [-0.3, -0.25) is 14.4 Å². The molecule has 62 heavy (non-hydrogen) atoms. The van der Waals surface area contributed by atoms with E-state index in [1.807, 2.05) is 24.3 Å². The first kappa shape index (κ1) is 44.8. The van der Waals surface area contributed by atoms with Gasteiger partial charge in [0.2, 0.25) is 11.8 Å². The number of phenols is 1. The fraction of sp³-hybridized carbons (Fsp3) is 0.556. The topological polar surface area (TPSA) is 255 Å². The lowest BCUT2D eigenvalue weighted by Gasteiger charge is -2.47. The molecule has 2 saturated carbocycles. The second-order valence-electron chi connectivity index (χ2n) is 17.4. The quantitative estimate of drug-likeness (QED) is 0.103. The van der Waals surface area contributed by atoms with Crippen LogP contribution in [-0.2, 0) is 36.9 Å². The molecule has 2 saturated heterocycles. The largest absolute Gasteiger partial charge is 0.507 e. The summed E-state index contributed by atoms with van der Waals surface area (Å²) in [6.45, 7) is 3.45. The number of aromatic hydroxyl groups is 1. The highest BCUT2D eigenvalue weighted by Gasteiger charge is 2.57. The first-order valence-electron chi connectivity index (χ1n) is 21.6. The van der Waals surface area contributed by atoms with Crippen LogP contribution in [0.25, 0.3) is 6.08 Å². The fourth-order valence-corrected chi connectivity index (χ4v) is 9.26. The number of aliphatic hydroxyl groups excluding tert-OH is 3. The van der Waals surface area contributed by atoms with Crippen molar-refractivity contribution < 1.29 is 54.2 Å². The number of carbonyl (C=O) groups is 4. The van der Waals surface area contributed by atoms with Gasteiger partial charge in [-0.25, -0.2) is 9.48 Å². The van der Waals surface area contributed by atoms with Gasteiger partial charge in [0, 0.05) is 56.1 Å². The maximum absolute atomic E-state index is 13.5. The monoisotopic (exact) mass is 858 g/mol. The van der Waals surface area contributed by atoms with E-state index in [-0.39, 0.29) is 54.0 Å². The average molecular weight is 859 g/mol. The molecule has 8 N–H and O–H groups in total. The molecule has 4 fully saturated rings. The molecular formula is C45H58N6O11. The minimum Gasteiger partial charge on any atom is -0.507 e. The minimum absolute atomic E-state index is 0.000627. The summed E-state index contributed by atoms with van der Waals surface area (Å²) in [4.78, 5) is 52.4. The number of aliphatic hydroxyl groups is 3. The fourth-order valence-electron chi connectivity index (χ4n) is 9.26. The zero-order valence-electron chi connectivity index (χ0n) is 35.1. The first-order valence-corrected chi connectivity index (χ1v) is 21.6. The number of aliphatic carboxylic acids is 1. The standard InChI is InChI=1S/C45H58N6O11/c1-25-17-30(18-26(2)38(25)55)42(57)47-22-34(53)39(56)41-37(48-35(54)24-51-23-32(49-50-51)29-12-4-3-5-13-29)33(52)20-45(62-41,44(59)60)15-7-11-27-9-6-10-28(19-27)21-46-43(58)36-31-14-8-16-61-40(31)36/h6-7,9-11,17-19,23,29,31,33-34,36-37,39-41,52-53,55-56H,3-5,8,12-16,20-22,24H2,1-2H3,(H,46,58)(H,47,57)(H,48,54)(H,59,60)/b11-7+/t31-,33-,34+,36?,37+,39+,40?,41+,45+/m0/s1. The number of nitrogens with one attached hydrogen (secondary N) is 3. The summed E-state index contributed by atoms with van der Waals surface area (Å²) >= 11 is 0. The molecule has 17 nitrogen and oxygen atoms in total. The molecule has 1 aromatic heterocycles. The predicted molar refractivity (Wildman–Crippen MR) is 223 cm³/mol. The number of phenolic OH excluding ortho intramolecular Hbond substituents is 1. The van der Waals surface area contributed by atoms with Crippen molar-refractivity contribution in [2.24, 2.45) is 11.8 Å². The summed E-state index contributed by atoms with van der Waals surface area (Å²) in [5, 5.41) is 71.9. The van der Waals surface area contributed by atoms with Crippen LogP contribution in [-0.4, -0.2) is 120 Å². The maximum Gasteiger partial charge on any atom is 0.336 e. The SMILES string of the molecule is Cc1cc(C(=O)NC[C@@H](O)[C@@H](O)[C@@H]2O[C@@](C/C=C/c3cccc(CNC(=O)C4C5OCCC[C@H]54)c3)(C(=O)O)C[C@H](O)[C@H]2NC(=O)Cn2cc(C3CCCCC3)nn2)cc(C)c1O.